The first-order valence-corrected chi connectivity index (χ1v) is 8.93. The molecule has 0 aliphatic carbocycles. The Labute approximate surface area is 161 Å². The van der Waals surface area contributed by atoms with Crippen molar-refractivity contribution in [2.24, 2.45) is 5.73 Å². The van der Waals surface area contributed by atoms with E-state index in [4.69, 9.17) is 5.73 Å². The second-order valence-corrected chi connectivity index (χ2v) is 6.92. The molecule has 3 aromatic rings. The van der Waals surface area contributed by atoms with Crippen molar-refractivity contribution in [3.63, 3.8) is 0 Å². The van der Waals surface area contributed by atoms with Crippen LogP contribution >= 0.6 is 0 Å². The van der Waals surface area contributed by atoms with Gasteiger partial charge in [0.2, 0.25) is 0 Å². The molecule has 4 rings (SSSR count). The second kappa shape index (κ2) is 6.60. The molecule has 2 heterocycles. The molecule has 28 heavy (non-hydrogen) atoms. The zero-order valence-electron chi connectivity index (χ0n) is 15.6. The van der Waals surface area contributed by atoms with Crippen molar-refractivity contribution >= 4 is 17.5 Å². The topological polar surface area (TPSA) is 81.2 Å². The number of rotatable bonds is 3. The first-order chi connectivity index (χ1) is 13.4. The van der Waals surface area contributed by atoms with Crippen LogP contribution in [0.25, 0.3) is 5.69 Å². The summed E-state index contributed by atoms with van der Waals surface area (Å²) in [5.41, 5.74) is 9.77. The van der Waals surface area contributed by atoms with Gasteiger partial charge in [-0.1, -0.05) is 17.7 Å². The maximum absolute atomic E-state index is 13.4. The van der Waals surface area contributed by atoms with Crippen LogP contribution in [0.2, 0.25) is 0 Å². The van der Waals surface area contributed by atoms with Crippen molar-refractivity contribution in [2.75, 3.05) is 11.4 Å². The Morgan fingerprint density at radius 2 is 1.86 bits per heavy atom. The normalized spacial score (nSPS) is 13.5. The van der Waals surface area contributed by atoms with Gasteiger partial charge < -0.3 is 10.6 Å². The molecule has 2 N–H and O–H groups in total. The van der Waals surface area contributed by atoms with Gasteiger partial charge in [0.25, 0.3) is 11.8 Å². The van der Waals surface area contributed by atoms with E-state index in [2.05, 4.69) is 5.10 Å². The van der Waals surface area contributed by atoms with Crippen LogP contribution in [0.15, 0.2) is 42.5 Å². The molecule has 0 radical (unpaired) electrons. The predicted molar refractivity (Wildman–Crippen MR) is 103 cm³/mol. The largest absolute Gasteiger partial charge is 0.364 e. The number of nitrogens with zero attached hydrogens (tertiary/aromatic N) is 3. The highest BCUT2D eigenvalue weighted by atomic mass is 19.1. The number of carbonyl (C=O) groups excluding carboxylic acids is 2. The Balaban J connectivity index is 1.87. The zero-order chi connectivity index (χ0) is 20.0. The molecule has 6 nitrogen and oxygen atoms in total. The van der Waals surface area contributed by atoms with Gasteiger partial charge >= 0.3 is 0 Å². The van der Waals surface area contributed by atoms with Crippen molar-refractivity contribution in [1.82, 2.24) is 9.78 Å². The fourth-order valence-corrected chi connectivity index (χ4v) is 3.67. The number of anilines is 1. The Morgan fingerprint density at radius 3 is 2.50 bits per heavy atom. The molecular formula is C21H19FN4O2. The quantitative estimate of drug-likeness (QED) is 0.761. The van der Waals surface area contributed by atoms with Gasteiger partial charge in [0.15, 0.2) is 5.69 Å². The number of hydrogen-bond donors (Lipinski definition) is 1. The zero-order valence-corrected chi connectivity index (χ0v) is 15.6. The minimum absolute atomic E-state index is 0.0768. The van der Waals surface area contributed by atoms with Crippen molar-refractivity contribution < 1.29 is 14.0 Å². The summed E-state index contributed by atoms with van der Waals surface area (Å²) in [6, 6.07) is 11.5. The average Bonchev–Trinajstić information content (AvgIpc) is 3.04. The van der Waals surface area contributed by atoms with Gasteiger partial charge in [-0.2, -0.15) is 5.10 Å². The van der Waals surface area contributed by atoms with Gasteiger partial charge in [-0.3, -0.25) is 9.59 Å². The molecule has 1 aliphatic rings. The highest BCUT2D eigenvalue weighted by Crippen LogP contribution is 2.30. The fourth-order valence-electron chi connectivity index (χ4n) is 3.67. The second-order valence-electron chi connectivity index (χ2n) is 6.92. The van der Waals surface area contributed by atoms with Crippen LogP contribution < -0.4 is 10.6 Å². The molecule has 7 heteroatoms. The number of carbonyl (C=O) groups is 2. The van der Waals surface area contributed by atoms with Gasteiger partial charge in [0.1, 0.15) is 11.5 Å². The van der Waals surface area contributed by atoms with E-state index in [-0.39, 0.29) is 17.3 Å². The highest BCUT2D eigenvalue weighted by Gasteiger charge is 2.34. The molecule has 2 amide bonds. The molecular weight excluding hydrogens is 359 g/mol. The van der Waals surface area contributed by atoms with E-state index < -0.39 is 11.7 Å². The molecule has 0 unspecified atom stereocenters. The smallest absolute Gasteiger partial charge is 0.277 e. The summed E-state index contributed by atoms with van der Waals surface area (Å²) in [4.78, 5) is 27.0. The Hall–Kier alpha value is -3.48. The third-order valence-electron chi connectivity index (χ3n) is 4.96. The van der Waals surface area contributed by atoms with Crippen LogP contribution in [0.4, 0.5) is 10.1 Å². The molecule has 0 saturated carbocycles. The number of nitrogens with two attached hydrogens (primary N) is 1. The number of amides is 2. The summed E-state index contributed by atoms with van der Waals surface area (Å²) in [6.45, 7) is 4.37. The van der Waals surface area contributed by atoms with Gasteiger partial charge in [-0.05, 0) is 56.2 Å². The lowest BCUT2D eigenvalue weighted by molar-refractivity contribution is 0.0972. The minimum Gasteiger partial charge on any atom is -0.364 e. The van der Waals surface area contributed by atoms with E-state index in [0.29, 0.717) is 24.2 Å². The lowest BCUT2D eigenvalue weighted by atomic mass is 10.0. The summed E-state index contributed by atoms with van der Waals surface area (Å²) in [5, 5.41) is 4.28. The monoisotopic (exact) mass is 378 g/mol. The third-order valence-corrected chi connectivity index (χ3v) is 4.96. The van der Waals surface area contributed by atoms with E-state index in [1.807, 2.05) is 32.0 Å². The van der Waals surface area contributed by atoms with Gasteiger partial charge in [0.05, 0.1) is 5.69 Å². The van der Waals surface area contributed by atoms with Crippen molar-refractivity contribution in [1.29, 1.82) is 0 Å². The van der Waals surface area contributed by atoms with E-state index in [1.54, 1.807) is 4.90 Å². The van der Waals surface area contributed by atoms with Crippen molar-refractivity contribution in [3.05, 3.63) is 76.4 Å². The molecule has 0 bridgehead atoms. The van der Waals surface area contributed by atoms with Gasteiger partial charge in [-0.25, -0.2) is 9.07 Å². The number of benzene rings is 2. The Kier molecular flexibility index (Phi) is 4.22. The molecule has 0 atom stereocenters. The van der Waals surface area contributed by atoms with Crippen molar-refractivity contribution in [2.45, 2.75) is 20.3 Å². The summed E-state index contributed by atoms with van der Waals surface area (Å²) >= 11 is 0. The maximum atomic E-state index is 13.4. The lowest BCUT2D eigenvalue weighted by Gasteiger charge is -2.29. The summed E-state index contributed by atoms with van der Waals surface area (Å²) in [6.07, 6.45) is 0.452. The molecule has 0 fully saturated rings. The van der Waals surface area contributed by atoms with E-state index in [1.165, 1.54) is 28.9 Å². The summed E-state index contributed by atoms with van der Waals surface area (Å²) in [7, 11) is 0. The molecule has 1 aromatic heterocycles. The van der Waals surface area contributed by atoms with Gasteiger partial charge in [0, 0.05) is 17.8 Å². The van der Waals surface area contributed by atoms with Gasteiger partial charge in [-0.15, -0.1) is 0 Å². The third kappa shape index (κ3) is 2.85. The summed E-state index contributed by atoms with van der Waals surface area (Å²) < 4.78 is 14.7. The Bertz CT molecular complexity index is 1100. The number of primary amides is 1. The minimum atomic E-state index is -0.690. The number of fused-ring (bicyclic) bond motifs is 1. The van der Waals surface area contributed by atoms with E-state index >= 15 is 0 Å². The van der Waals surface area contributed by atoms with E-state index in [9.17, 15) is 14.0 Å². The van der Waals surface area contributed by atoms with Crippen molar-refractivity contribution in [3.8, 4) is 5.69 Å². The highest BCUT2D eigenvalue weighted by molar-refractivity contribution is 6.09. The molecule has 2 aromatic carbocycles. The first kappa shape index (κ1) is 17.9. The van der Waals surface area contributed by atoms with Crippen LogP contribution in [0.3, 0.4) is 0 Å². The Morgan fingerprint density at radius 1 is 1.14 bits per heavy atom. The van der Waals surface area contributed by atoms with Crippen LogP contribution in [0.1, 0.15) is 37.7 Å². The number of hydrogen-bond acceptors (Lipinski definition) is 3. The lowest BCUT2D eigenvalue weighted by Crippen LogP contribution is -2.39. The average molecular weight is 378 g/mol. The molecule has 1 aliphatic heterocycles. The standard InChI is InChI=1S/C21H19FN4O2/c1-12-3-8-17(13(2)11-12)25-10-9-16-18(20(23)27)24-26(19(16)21(25)28)15-6-4-14(22)5-7-15/h3-8,11H,9-10H2,1-2H3,(H2,23,27). The molecule has 142 valence electrons. The predicted octanol–water partition coefficient (Wildman–Crippen LogP) is 2.93. The van der Waals surface area contributed by atoms with Crippen LogP contribution in [-0.2, 0) is 6.42 Å². The fraction of sp³-hybridized carbons (Fsp3) is 0.190. The maximum Gasteiger partial charge on any atom is 0.277 e. The SMILES string of the molecule is Cc1ccc(N2CCc3c(C(N)=O)nn(-c4ccc(F)cc4)c3C2=O)c(C)c1. The van der Waals surface area contributed by atoms with Crippen LogP contribution in [0, 0.1) is 19.7 Å². The first-order valence-electron chi connectivity index (χ1n) is 8.93. The van der Waals surface area contributed by atoms with E-state index in [0.717, 1.165) is 16.8 Å². The molecule has 0 spiro atoms. The molecule has 0 saturated heterocycles. The summed E-state index contributed by atoms with van der Waals surface area (Å²) in [5.74, 6) is -1.36. The number of aromatic nitrogens is 2. The van der Waals surface area contributed by atoms with Crippen LogP contribution in [0.5, 0.6) is 0 Å². The number of halogens is 1. The number of aryl methyl sites for hydroxylation is 2. The van der Waals surface area contributed by atoms with Crippen LogP contribution in [-0.4, -0.2) is 28.1 Å².